The molecule has 4 nitrogen and oxygen atoms in total. The Balaban J connectivity index is 2.05. The molecule has 4 heteroatoms. The quantitative estimate of drug-likeness (QED) is 0.791. The summed E-state index contributed by atoms with van der Waals surface area (Å²) in [5.74, 6) is -0.0819. The summed E-state index contributed by atoms with van der Waals surface area (Å²) >= 11 is 0. The molecule has 1 N–H and O–H groups in total. The van der Waals surface area contributed by atoms with Crippen molar-refractivity contribution in [3.05, 3.63) is 0 Å². The van der Waals surface area contributed by atoms with Gasteiger partial charge in [0.25, 0.3) is 0 Å². The molecule has 0 radical (unpaired) electrons. The van der Waals surface area contributed by atoms with Crippen LogP contribution in [0.3, 0.4) is 0 Å². The Morgan fingerprint density at radius 2 is 2.21 bits per heavy atom. The van der Waals surface area contributed by atoms with Crippen LogP contribution in [-0.4, -0.2) is 48.7 Å². The summed E-state index contributed by atoms with van der Waals surface area (Å²) in [6, 6.07) is 1.20. The molecule has 2 aliphatic rings. The molecule has 1 heterocycles. The number of hydrogen-bond acceptors (Lipinski definition) is 4. The molecule has 3 unspecified atom stereocenters. The lowest BCUT2D eigenvalue weighted by molar-refractivity contribution is -0.148. The lowest BCUT2D eigenvalue weighted by atomic mass is 9.95. The first-order valence-electron chi connectivity index (χ1n) is 7.72. The van der Waals surface area contributed by atoms with Crippen LogP contribution >= 0.6 is 0 Å². The van der Waals surface area contributed by atoms with Crippen LogP contribution < -0.4 is 5.32 Å². The number of carbonyl (C=O) groups excluding carboxylic acids is 1. The highest BCUT2D eigenvalue weighted by molar-refractivity contribution is 5.81. The molecular formula is C15H28N2O2. The predicted molar refractivity (Wildman–Crippen MR) is 76.1 cm³/mol. The van der Waals surface area contributed by atoms with Gasteiger partial charge in [-0.05, 0) is 52.1 Å². The van der Waals surface area contributed by atoms with Crippen LogP contribution in [0.5, 0.6) is 0 Å². The first kappa shape index (κ1) is 14.8. The third kappa shape index (κ3) is 2.95. The minimum Gasteiger partial charge on any atom is -0.468 e. The zero-order chi connectivity index (χ0) is 13.9. The molecule has 2 fully saturated rings. The maximum Gasteiger partial charge on any atom is 0.326 e. The fourth-order valence-corrected chi connectivity index (χ4v) is 3.92. The number of piperidine rings is 1. The average Bonchev–Trinajstić information content (AvgIpc) is 2.84. The first-order chi connectivity index (χ1) is 9.13. The van der Waals surface area contributed by atoms with Crippen molar-refractivity contribution in [3.8, 4) is 0 Å². The van der Waals surface area contributed by atoms with E-state index in [1.807, 2.05) is 0 Å². The molecule has 3 atom stereocenters. The van der Waals surface area contributed by atoms with E-state index in [0.29, 0.717) is 12.1 Å². The second kappa shape index (κ2) is 6.23. The summed E-state index contributed by atoms with van der Waals surface area (Å²) in [6.45, 7) is 6.39. The van der Waals surface area contributed by atoms with Crippen LogP contribution in [0.25, 0.3) is 0 Å². The van der Waals surface area contributed by atoms with E-state index in [-0.39, 0.29) is 5.97 Å². The lowest BCUT2D eigenvalue weighted by Crippen LogP contribution is -2.53. The third-order valence-electron chi connectivity index (χ3n) is 4.90. The van der Waals surface area contributed by atoms with Gasteiger partial charge in [-0.25, -0.2) is 0 Å². The number of hydrogen-bond donors (Lipinski definition) is 1. The number of likely N-dealkylation sites (N-methyl/N-ethyl adjacent to an activating group) is 1. The van der Waals surface area contributed by atoms with Gasteiger partial charge in [0.15, 0.2) is 0 Å². The minimum atomic E-state index is -0.439. The molecule has 0 aromatic rings. The average molecular weight is 268 g/mol. The number of methoxy groups -OCH3 is 1. The molecule has 2 rings (SSSR count). The van der Waals surface area contributed by atoms with Gasteiger partial charge in [0.1, 0.15) is 5.54 Å². The second-order valence-electron chi connectivity index (χ2n) is 6.08. The summed E-state index contributed by atoms with van der Waals surface area (Å²) in [4.78, 5) is 14.7. The number of esters is 1. The van der Waals surface area contributed by atoms with E-state index in [4.69, 9.17) is 4.74 Å². The predicted octanol–water partition coefficient (Wildman–Crippen LogP) is 1.93. The van der Waals surface area contributed by atoms with E-state index < -0.39 is 5.54 Å². The number of likely N-dealkylation sites (tertiary alicyclic amines) is 1. The number of carbonyl (C=O) groups is 1. The van der Waals surface area contributed by atoms with Gasteiger partial charge in [-0.1, -0.05) is 13.3 Å². The third-order valence-corrected chi connectivity index (χ3v) is 4.90. The smallest absolute Gasteiger partial charge is 0.326 e. The van der Waals surface area contributed by atoms with E-state index in [1.54, 1.807) is 0 Å². The Bertz CT molecular complexity index is 321. The highest BCUT2D eigenvalue weighted by Crippen LogP contribution is 2.36. The number of nitrogens with one attached hydrogen (secondary N) is 1. The monoisotopic (exact) mass is 268 g/mol. The van der Waals surface area contributed by atoms with Crippen LogP contribution in [0, 0.1) is 0 Å². The number of nitrogens with zero attached hydrogens (tertiary/aromatic N) is 1. The Morgan fingerprint density at radius 3 is 2.84 bits per heavy atom. The molecule has 0 spiro atoms. The zero-order valence-electron chi connectivity index (χ0n) is 12.6. The molecule has 1 aliphatic carbocycles. The zero-order valence-corrected chi connectivity index (χ0v) is 12.6. The minimum absolute atomic E-state index is 0.0819. The highest BCUT2D eigenvalue weighted by atomic mass is 16.5. The summed E-state index contributed by atoms with van der Waals surface area (Å²) in [5.41, 5.74) is -0.439. The van der Waals surface area contributed by atoms with Gasteiger partial charge in [-0.15, -0.1) is 0 Å². The van der Waals surface area contributed by atoms with Crippen LogP contribution in [0.1, 0.15) is 52.4 Å². The van der Waals surface area contributed by atoms with Crippen LogP contribution in [0.15, 0.2) is 0 Å². The van der Waals surface area contributed by atoms with Gasteiger partial charge in [-0.2, -0.15) is 0 Å². The SMILES string of the molecule is CCNC1(C(=O)OC)CCC(N2CCCCC2C)C1. The van der Waals surface area contributed by atoms with E-state index in [9.17, 15) is 4.79 Å². The molecule has 0 amide bonds. The molecule has 110 valence electrons. The fourth-order valence-electron chi connectivity index (χ4n) is 3.92. The van der Waals surface area contributed by atoms with Gasteiger partial charge >= 0.3 is 5.97 Å². The molecular weight excluding hydrogens is 240 g/mol. The standard InChI is InChI=1S/C15H28N2O2/c1-4-16-15(14(18)19-3)9-8-13(11-15)17-10-6-5-7-12(17)2/h12-13,16H,4-11H2,1-3H3. The molecule has 0 aromatic heterocycles. The van der Waals surface area contributed by atoms with Crippen LogP contribution in [0.2, 0.25) is 0 Å². The van der Waals surface area contributed by atoms with Gasteiger partial charge < -0.3 is 10.1 Å². The maximum atomic E-state index is 12.1. The number of ether oxygens (including phenoxy) is 1. The van der Waals surface area contributed by atoms with Crippen molar-refractivity contribution < 1.29 is 9.53 Å². The van der Waals surface area contributed by atoms with E-state index >= 15 is 0 Å². The Labute approximate surface area is 116 Å². The van der Waals surface area contributed by atoms with Gasteiger partial charge in [-0.3, -0.25) is 9.69 Å². The summed E-state index contributed by atoms with van der Waals surface area (Å²) in [6.07, 6.45) is 6.85. The summed E-state index contributed by atoms with van der Waals surface area (Å²) in [5, 5.41) is 3.39. The van der Waals surface area contributed by atoms with Crippen LogP contribution in [-0.2, 0) is 9.53 Å². The highest BCUT2D eigenvalue weighted by Gasteiger charge is 2.47. The normalized spacial score (nSPS) is 36.4. The molecule has 0 aromatic carbocycles. The maximum absolute atomic E-state index is 12.1. The van der Waals surface area contributed by atoms with E-state index in [1.165, 1.54) is 32.9 Å². The molecule has 0 bridgehead atoms. The molecule has 19 heavy (non-hydrogen) atoms. The van der Waals surface area contributed by atoms with Crippen molar-refractivity contribution in [2.45, 2.75) is 70.0 Å². The van der Waals surface area contributed by atoms with Gasteiger partial charge in [0, 0.05) is 12.1 Å². The van der Waals surface area contributed by atoms with Crippen molar-refractivity contribution in [2.75, 3.05) is 20.2 Å². The largest absolute Gasteiger partial charge is 0.468 e. The molecule has 1 aliphatic heterocycles. The van der Waals surface area contributed by atoms with E-state index in [0.717, 1.165) is 25.8 Å². The van der Waals surface area contributed by atoms with Crippen molar-refractivity contribution in [1.29, 1.82) is 0 Å². The second-order valence-corrected chi connectivity index (χ2v) is 6.08. The topological polar surface area (TPSA) is 41.6 Å². The molecule has 1 saturated heterocycles. The lowest BCUT2D eigenvalue weighted by Gasteiger charge is -2.39. The Hall–Kier alpha value is -0.610. The Kier molecular flexibility index (Phi) is 4.85. The Morgan fingerprint density at radius 1 is 1.42 bits per heavy atom. The van der Waals surface area contributed by atoms with E-state index in [2.05, 4.69) is 24.1 Å². The molecule has 1 saturated carbocycles. The number of rotatable bonds is 4. The van der Waals surface area contributed by atoms with Gasteiger partial charge in [0.2, 0.25) is 0 Å². The van der Waals surface area contributed by atoms with Crippen LogP contribution in [0.4, 0.5) is 0 Å². The van der Waals surface area contributed by atoms with Crippen molar-refractivity contribution in [1.82, 2.24) is 10.2 Å². The fraction of sp³-hybridized carbons (Fsp3) is 0.933. The van der Waals surface area contributed by atoms with Gasteiger partial charge in [0.05, 0.1) is 7.11 Å². The first-order valence-corrected chi connectivity index (χ1v) is 7.72. The van der Waals surface area contributed by atoms with Crippen molar-refractivity contribution in [3.63, 3.8) is 0 Å². The van der Waals surface area contributed by atoms with Crippen molar-refractivity contribution in [2.24, 2.45) is 0 Å². The summed E-state index contributed by atoms with van der Waals surface area (Å²) in [7, 11) is 1.50. The van der Waals surface area contributed by atoms with Crippen molar-refractivity contribution >= 4 is 5.97 Å². The summed E-state index contributed by atoms with van der Waals surface area (Å²) < 4.78 is 5.03.